The van der Waals surface area contributed by atoms with Crippen LogP contribution in [0.3, 0.4) is 0 Å². The molecule has 0 atom stereocenters. The first-order chi connectivity index (χ1) is 12.0. The van der Waals surface area contributed by atoms with Crippen LogP contribution in [-0.4, -0.2) is 23.3 Å². The molecule has 0 saturated carbocycles. The highest BCUT2D eigenvalue weighted by Gasteiger charge is 2.16. The Labute approximate surface area is 143 Å². The number of carbonyl (C=O) groups excluding carboxylic acids is 2. The Morgan fingerprint density at radius 1 is 1.24 bits per heavy atom. The van der Waals surface area contributed by atoms with E-state index in [1.165, 1.54) is 48.7 Å². The van der Waals surface area contributed by atoms with Gasteiger partial charge in [-0.3, -0.25) is 19.7 Å². The van der Waals surface area contributed by atoms with Crippen LogP contribution in [0.2, 0.25) is 0 Å². The summed E-state index contributed by atoms with van der Waals surface area (Å²) in [6, 6.07) is 8.56. The van der Waals surface area contributed by atoms with E-state index in [9.17, 15) is 19.7 Å². The van der Waals surface area contributed by atoms with Crippen LogP contribution in [0.25, 0.3) is 6.08 Å². The van der Waals surface area contributed by atoms with E-state index in [0.717, 1.165) is 0 Å². The van der Waals surface area contributed by atoms with Gasteiger partial charge in [-0.15, -0.1) is 6.58 Å². The molecule has 0 saturated heterocycles. The van der Waals surface area contributed by atoms with Gasteiger partial charge in [0.2, 0.25) is 0 Å². The highest BCUT2D eigenvalue weighted by molar-refractivity contribution is 6.04. The number of non-ortho nitro benzene ring substituents is 1. The van der Waals surface area contributed by atoms with Crippen LogP contribution in [0.5, 0.6) is 0 Å². The smallest absolute Gasteiger partial charge is 0.291 e. The van der Waals surface area contributed by atoms with Crippen molar-refractivity contribution in [3.8, 4) is 0 Å². The van der Waals surface area contributed by atoms with Crippen LogP contribution in [0.1, 0.15) is 16.1 Å². The summed E-state index contributed by atoms with van der Waals surface area (Å²) in [6.07, 6.45) is 4.24. The lowest BCUT2D eigenvalue weighted by molar-refractivity contribution is -0.384. The molecule has 2 N–H and O–H groups in total. The molecule has 0 spiro atoms. The molecular formula is C17H15N3O5. The van der Waals surface area contributed by atoms with Gasteiger partial charge in [0.15, 0.2) is 5.76 Å². The second-order valence-electron chi connectivity index (χ2n) is 4.84. The third-order valence-electron chi connectivity index (χ3n) is 3.06. The van der Waals surface area contributed by atoms with Gasteiger partial charge in [0.25, 0.3) is 17.5 Å². The van der Waals surface area contributed by atoms with Crippen molar-refractivity contribution in [3.05, 3.63) is 82.5 Å². The average Bonchev–Trinajstić information content (AvgIpc) is 3.14. The fourth-order valence-electron chi connectivity index (χ4n) is 1.87. The number of amides is 2. The lowest BCUT2D eigenvalue weighted by Crippen LogP contribution is -2.34. The van der Waals surface area contributed by atoms with Crippen LogP contribution in [-0.2, 0) is 4.79 Å². The van der Waals surface area contributed by atoms with Crippen molar-refractivity contribution < 1.29 is 18.9 Å². The second-order valence-corrected chi connectivity index (χ2v) is 4.84. The number of nitro benzene ring substituents is 1. The van der Waals surface area contributed by atoms with Gasteiger partial charge in [-0.2, -0.15) is 0 Å². The molecule has 0 aliphatic heterocycles. The zero-order chi connectivity index (χ0) is 18.2. The van der Waals surface area contributed by atoms with E-state index >= 15 is 0 Å². The number of rotatable bonds is 7. The monoisotopic (exact) mass is 341 g/mol. The Balaban J connectivity index is 2.26. The van der Waals surface area contributed by atoms with E-state index in [0.29, 0.717) is 5.56 Å². The molecule has 0 aliphatic carbocycles. The minimum atomic E-state index is -0.591. The Hall–Kier alpha value is -3.68. The fourth-order valence-corrected chi connectivity index (χ4v) is 1.87. The summed E-state index contributed by atoms with van der Waals surface area (Å²) in [7, 11) is 0. The summed E-state index contributed by atoms with van der Waals surface area (Å²) in [5.41, 5.74) is 0.403. The van der Waals surface area contributed by atoms with E-state index in [1.54, 1.807) is 6.07 Å². The maximum atomic E-state index is 12.2. The zero-order valence-corrected chi connectivity index (χ0v) is 13.1. The number of nitrogens with one attached hydrogen (secondary N) is 2. The molecule has 2 aromatic rings. The molecule has 0 fully saturated rings. The van der Waals surface area contributed by atoms with Crippen LogP contribution >= 0.6 is 0 Å². The first-order valence-corrected chi connectivity index (χ1v) is 7.21. The first-order valence-electron chi connectivity index (χ1n) is 7.21. The van der Waals surface area contributed by atoms with Gasteiger partial charge >= 0.3 is 0 Å². The zero-order valence-electron chi connectivity index (χ0n) is 13.1. The predicted octanol–water partition coefficient (Wildman–Crippen LogP) is 2.26. The van der Waals surface area contributed by atoms with Crippen LogP contribution < -0.4 is 10.6 Å². The minimum absolute atomic E-state index is 0.0305. The SMILES string of the molecule is C=CCNC(=O)/C(=C\c1ccc([N+](=O)[O-])cc1)NC(=O)c1ccco1. The van der Waals surface area contributed by atoms with Gasteiger partial charge in [-0.1, -0.05) is 6.08 Å². The normalized spacial score (nSPS) is 10.8. The molecule has 1 aromatic heterocycles. The van der Waals surface area contributed by atoms with Crippen molar-refractivity contribution >= 4 is 23.6 Å². The average molecular weight is 341 g/mol. The van der Waals surface area contributed by atoms with Crippen LogP contribution in [0, 0.1) is 10.1 Å². The van der Waals surface area contributed by atoms with Crippen molar-refractivity contribution in [3.63, 3.8) is 0 Å². The summed E-state index contributed by atoms with van der Waals surface area (Å²) in [6.45, 7) is 3.72. The molecule has 0 radical (unpaired) electrons. The van der Waals surface area contributed by atoms with Crippen molar-refractivity contribution in [2.75, 3.05) is 6.54 Å². The summed E-state index contributed by atoms with van der Waals surface area (Å²) < 4.78 is 4.99. The van der Waals surface area contributed by atoms with E-state index in [-0.39, 0.29) is 23.7 Å². The molecule has 0 unspecified atom stereocenters. The molecule has 0 aliphatic rings. The topological polar surface area (TPSA) is 114 Å². The third kappa shape index (κ3) is 4.90. The molecule has 0 bridgehead atoms. The highest BCUT2D eigenvalue weighted by Crippen LogP contribution is 2.14. The lowest BCUT2D eigenvalue weighted by Gasteiger charge is -2.09. The molecule has 1 heterocycles. The number of nitrogens with zero attached hydrogens (tertiary/aromatic N) is 1. The first kappa shape index (κ1) is 17.7. The van der Waals surface area contributed by atoms with Gasteiger partial charge in [0, 0.05) is 18.7 Å². The fraction of sp³-hybridized carbons (Fsp3) is 0.0588. The molecule has 128 valence electrons. The maximum Gasteiger partial charge on any atom is 0.291 e. The predicted molar refractivity (Wildman–Crippen MR) is 90.5 cm³/mol. The Bertz CT molecular complexity index is 807. The molecule has 2 rings (SSSR count). The third-order valence-corrected chi connectivity index (χ3v) is 3.06. The van der Waals surface area contributed by atoms with Crippen LogP contribution in [0.4, 0.5) is 5.69 Å². The Kier molecular flexibility index (Phi) is 5.83. The maximum absolute atomic E-state index is 12.2. The van der Waals surface area contributed by atoms with Crippen molar-refractivity contribution in [2.24, 2.45) is 0 Å². The molecule has 25 heavy (non-hydrogen) atoms. The number of furan rings is 1. The van der Waals surface area contributed by atoms with Crippen molar-refractivity contribution in [1.82, 2.24) is 10.6 Å². The van der Waals surface area contributed by atoms with Crippen molar-refractivity contribution in [2.45, 2.75) is 0 Å². The molecular weight excluding hydrogens is 326 g/mol. The summed E-state index contributed by atoms with van der Waals surface area (Å²) in [4.78, 5) is 34.5. The number of hydrogen-bond donors (Lipinski definition) is 2. The standard InChI is InChI=1S/C17H15N3O5/c1-2-9-18-16(21)14(19-17(22)15-4-3-10-25-15)11-12-5-7-13(8-6-12)20(23)24/h2-8,10-11H,1,9H2,(H,18,21)(H,19,22)/b14-11+. The molecule has 8 nitrogen and oxygen atoms in total. The largest absolute Gasteiger partial charge is 0.459 e. The molecule has 8 heteroatoms. The molecule has 2 amide bonds. The van der Waals surface area contributed by atoms with Crippen LogP contribution in [0.15, 0.2) is 65.4 Å². The Morgan fingerprint density at radius 3 is 2.52 bits per heavy atom. The van der Waals surface area contributed by atoms with Gasteiger partial charge in [0.05, 0.1) is 11.2 Å². The number of nitro groups is 1. The van der Waals surface area contributed by atoms with E-state index < -0.39 is 16.7 Å². The summed E-state index contributed by atoms with van der Waals surface area (Å²) in [5.74, 6) is -1.07. The van der Waals surface area contributed by atoms with Gasteiger partial charge in [-0.25, -0.2) is 0 Å². The van der Waals surface area contributed by atoms with Gasteiger partial charge in [-0.05, 0) is 35.9 Å². The number of benzene rings is 1. The summed E-state index contributed by atoms with van der Waals surface area (Å²) >= 11 is 0. The van der Waals surface area contributed by atoms with Gasteiger partial charge in [0.1, 0.15) is 5.70 Å². The van der Waals surface area contributed by atoms with E-state index in [4.69, 9.17) is 4.42 Å². The number of carbonyl (C=O) groups is 2. The molecule has 1 aromatic carbocycles. The van der Waals surface area contributed by atoms with E-state index in [1.807, 2.05) is 0 Å². The lowest BCUT2D eigenvalue weighted by atomic mass is 10.1. The summed E-state index contributed by atoms with van der Waals surface area (Å²) in [5, 5.41) is 15.7. The Morgan fingerprint density at radius 2 is 1.96 bits per heavy atom. The second kappa shape index (κ2) is 8.25. The highest BCUT2D eigenvalue weighted by atomic mass is 16.6. The minimum Gasteiger partial charge on any atom is -0.459 e. The van der Waals surface area contributed by atoms with Crippen molar-refractivity contribution in [1.29, 1.82) is 0 Å². The van der Waals surface area contributed by atoms with E-state index in [2.05, 4.69) is 17.2 Å². The quantitative estimate of drug-likeness (QED) is 0.347. The number of hydrogen-bond acceptors (Lipinski definition) is 5. The van der Waals surface area contributed by atoms with Gasteiger partial charge < -0.3 is 15.1 Å².